The zero-order valence-electron chi connectivity index (χ0n) is 7.47. The van der Waals surface area contributed by atoms with Crippen LogP contribution in [0.1, 0.15) is 11.3 Å². The summed E-state index contributed by atoms with van der Waals surface area (Å²) in [6, 6.07) is 3.26. The minimum atomic E-state index is -4.34. The van der Waals surface area contributed by atoms with Crippen molar-refractivity contribution in [3.05, 3.63) is 42.0 Å². The van der Waals surface area contributed by atoms with E-state index in [1.165, 1.54) is 25.5 Å². The average Bonchev–Trinajstić information content (AvgIpc) is 2.15. The summed E-state index contributed by atoms with van der Waals surface area (Å²) >= 11 is 0. The molecule has 0 radical (unpaired) electrons. The third kappa shape index (κ3) is 3.08. The monoisotopic (exact) mass is 202 g/mol. The summed E-state index contributed by atoms with van der Waals surface area (Å²) in [7, 11) is 0. The molecule has 0 amide bonds. The Bertz CT molecular complexity index is 353. The Balaban J connectivity index is 3.34. The van der Waals surface area contributed by atoms with Crippen molar-refractivity contribution in [1.29, 1.82) is 0 Å². The summed E-state index contributed by atoms with van der Waals surface area (Å²) < 4.78 is 37.0. The number of aromatic nitrogens is 2. The average molecular weight is 202 g/mol. The van der Waals surface area contributed by atoms with Crippen LogP contribution < -0.4 is 0 Å². The van der Waals surface area contributed by atoms with Crippen LogP contribution in [0.15, 0.2) is 30.7 Å². The number of hydrogen-bond acceptors (Lipinski definition) is 1. The molecule has 0 saturated carbocycles. The van der Waals surface area contributed by atoms with Gasteiger partial charge in [0.15, 0.2) is 0 Å². The van der Waals surface area contributed by atoms with Gasteiger partial charge in [0.1, 0.15) is 0 Å². The van der Waals surface area contributed by atoms with Gasteiger partial charge in [-0.05, 0) is 25.1 Å². The molecule has 0 bridgehead atoms. The summed E-state index contributed by atoms with van der Waals surface area (Å²) in [5, 5.41) is 0. The van der Waals surface area contributed by atoms with Gasteiger partial charge in [0.2, 0.25) is 0 Å². The maximum atomic E-state index is 12.3. The number of halogens is 3. The molecule has 1 aromatic rings. The van der Waals surface area contributed by atoms with Crippen molar-refractivity contribution in [3.63, 3.8) is 0 Å². The van der Waals surface area contributed by atoms with E-state index >= 15 is 0 Å². The summed E-state index contributed by atoms with van der Waals surface area (Å²) in [6.07, 6.45) is -1.72. The van der Waals surface area contributed by atoms with Gasteiger partial charge < -0.3 is 4.98 Å². The number of nitrogens with one attached hydrogen (secondary N) is 1. The van der Waals surface area contributed by atoms with Crippen LogP contribution in [0.4, 0.5) is 13.2 Å². The summed E-state index contributed by atoms with van der Waals surface area (Å²) in [5.41, 5.74) is -0.315. The van der Waals surface area contributed by atoms with Crippen LogP contribution in [0, 0.1) is 6.92 Å². The Hall–Kier alpha value is -1.52. The molecule has 0 aliphatic carbocycles. The van der Waals surface area contributed by atoms with E-state index in [-0.39, 0.29) is 0 Å². The molecule has 0 aliphatic heterocycles. The van der Waals surface area contributed by atoms with Crippen LogP contribution in [0.25, 0.3) is 0 Å². The molecule has 0 spiro atoms. The fourth-order valence-electron chi connectivity index (χ4n) is 0.878. The second-order valence-corrected chi connectivity index (χ2v) is 2.71. The first-order valence-electron chi connectivity index (χ1n) is 3.90. The van der Waals surface area contributed by atoms with Crippen molar-refractivity contribution in [3.8, 4) is 0 Å². The molecular weight excluding hydrogens is 193 g/mol. The fourth-order valence-corrected chi connectivity index (χ4v) is 0.878. The summed E-state index contributed by atoms with van der Waals surface area (Å²) in [5.74, 6) is 0. The van der Waals surface area contributed by atoms with Crippen molar-refractivity contribution >= 4 is 0 Å². The van der Waals surface area contributed by atoms with Gasteiger partial charge in [-0.15, -0.1) is 0 Å². The van der Waals surface area contributed by atoms with Crippen LogP contribution >= 0.6 is 0 Å². The third-order valence-corrected chi connectivity index (χ3v) is 1.51. The molecule has 1 N–H and O–H groups in total. The second kappa shape index (κ2) is 4.13. The fraction of sp³-hybridized carbons (Fsp3) is 0.222. The molecule has 2 nitrogen and oxygen atoms in total. The van der Waals surface area contributed by atoms with Gasteiger partial charge in [-0.25, -0.2) is 4.98 Å². The lowest BCUT2D eigenvalue weighted by Crippen LogP contribution is -2.03. The molecule has 0 fully saturated rings. The molecule has 1 aromatic heterocycles. The van der Waals surface area contributed by atoms with Gasteiger partial charge in [-0.1, -0.05) is 0 Å². The Morgan fingerprint density at radius 1 is 1.36 bits per heavy atom. The highest BCUT2D eigenvalue weighted by molar-refractivity contribution is 5.16. The number of aromatic amines is 1. The van der Waals surface area contributed by atoms with Crippen LogP contribution in [0.5, 0.6) is 0 Å². The Kier molecular flexibility index (Phi) is 3.11. The van der Waals surface area contributed by atoms with Gasteiger partial charge in [-0.2, -0.15) is 13.2 Å². The van der Waals surface area contributed by atoms with Gasteiger partial charge in [0.05, 0.1) is 11.9 Å². The molecule has 14 heavy (non-hydrogen) atoms. The first-order chi connectivity index (χ1) is 6.50. The number of rotatable bonds is 0. The molecule has 5 heteroatoms. The van der Waals surface area contributed by atoms with E-state index < -0.39 is 11.7 Å². The lowest BCUT2D eigenvalue weighted by Gasteiger charge is -2.03. The van der Waals surface area contributed by atoms with Crippen molar-refractivity contribution in [1.82, 2.24) is 9.97 Å². The zero-order valence-corrected chi connectivity index (χ0v) is 7.47. The molecule has 76 valence electrons. The van der Waals surface area contributed by atoms with E-state index in [2.05, 4.69) is 9.97 Å². The standard InChI is InChI=1S/C9H9F3N2/c1-7-5-8(9(10,11)12)3-2-4-13-6-14-7/h2-6H,1H3,(H,13,14). The van der Waals surface area contributed by atoms with Crippen LogP contribution in [0.3, 0.4) is 0 Å². The molecule has 0 saturated heterocycles. The van der Waals surface area contributed by atoms with Crippen molar-refractivity contribution < 1.29 is 13.2 Å². The molecule has 0 aromatic carbocycles. The van der Waals surface area contributed by atoms with Gasteiger partial charge >= 0.3 is 6.18 Å². The van der Waals surface area contributed by atoms with Crippen molar-refractivity contribution in [2.75, 3.05) is 0 Å². The van der Waals surface area contributed by atoms with Gasteiger partial charge in [-0.3, -0.25) is 0 Å². The maximum absolute atomic E-state index is 12.3. The Morgan fingerprint density at radius 3 is 2.71 bits per heavy atom. The number of aryl methyl sites for hydroxylation is 1. The highest BCUT2D eigenvalue weighted by atomic mass is 19.4. The van der Waals surface area contributed by atoms with E-state index in [0.29, 0.717) is 5.69 Å². The third-order valence-electron chi connectivity index (χ3n) is 1.51. The number of nitrogens with zero attached hydrogens (tertiary/aromatic N) is 1. The largest absolute Gasteiger partial charge is 0.416 e. The SMILES string of the molecule is Cc1cc(C(F)(F)F)cccnc[nH]1. The number of H-pyrrole nitrogens is 1. The molecule has 0 unspecified atom stereocenters. The summed E-state index contributed by atoms with van der Waals surface area (Å²) in [4.78, 5) is 6.29. The van der Waals surface area contributed by atoms with Crippen LogP contribution in [-0.4, -0.2) is 9.97 Å². The normalized spacial score (nSPS) is 10.9. The van der Waals surface area contributed by atoms with E-state index in [1.54, 1.807) is 0 Å². The van der Waals surface area contributed by atoms with E-state index in [1.807, 2.05) is 0 Å². The highest BCUT2D eigenvalue weighted by Gasteiger charge is 2.29. The minimum absolute atomic E-state index is 0.390. The number of alkyl halides is 3. The minimum Gasteiger partial charge on any atom is -0.350 e. The predicted molar refractivity (Wildman–Crippen MR) is 46.0 cm³/mol. The summed E-state index contributed by atoms with van der Waals surface area (Å²) in [6.45, 7) is 1.54. The van der Waals surface area contributed by atoms with Gasteiger partial charge in [0, 0.05) is 11.9 Å². The lowest BCUT2D eigenvalue weighted by atomic mass is 10.2. The molecule has 1 heterocycles. The molecule has 1 rings (SSSR count). The molecule has 0 aliphatic rings. The lowest BCUT2D eigenvalue weighted by molar-refractivity contribution is -0.137. The first-order valence-corrected chi connectivity index (χ1v) is 3.90. The quantitative estimate of drug-likeness (QED) is 0.688. The topological polar surface area (TPSA) is 28.7 Å². The van der Waals surface area contributed by atoms with Crippen LogP contribution in [0.2, 0.25) is 0 Å². The maximum Gasteiger partial charge on any atom is 0.416 e. The molecular formula is C9H9F3N2. The van der Waals surface area contributed by atoms with E-state index in [9.17, 15) is 13.2 Å². The number of hydrogen-bond donors (Lipinski definition) is 1. The zero-order chi connectivity index (χ0) is 10.6. The van der Waals surface area contributed by atoms with Crippen molar-refractivity contribution in [2.45, 2.75) is 13.1 Å². The van der Waals surface area contributed by atoms with Gasteiger partial charge in [0.25, 0.3) is 0 Å². The van der Waals surface area contributed by atoms with Crippen molar-refractivity contribution in [2.24, 2.45) is 0 Å². The van der Waals surface area contributed by atoms with E-state index in [0.717, 1.165) is 12.1 Å². The second-order valence-electron chi connectivity index (χ2n) is 2.71. The molecule has 0 atom stereocenters. The Morgan fingerprint density at radius 2 is 2.07 bits per heavy atom. The smallest absolute Gasteiger partial charge is 0.350 e. The Labute approximate surface area is 79.1 Å². The first kappa shape index (κ1) is 10.6. The van der Waals surface area contributed by atoms with E-state index in [4.69, 9.17) is 0 Å². The predicted octanol–water partition coefficient (Wildman–Crippen LogP) is 2.86. The highest BCUT2D eigenvalue weighted by Crippen LogP contribution is 2.28. The van der Waals surface area contributed by atoms with Crippen LogP contribution in [-0.2, 0) is 6.18 Å².